The Morgan fingerprint density at radius 2 is 1.96 bits per heavy atom. The molecule has 1 saturated heterocycles. The number of likely N-dealkylation sites (tertiary alicyclic amines) is 1. The molecule has 2 rings (SSSR count). The van der Waals surface area contributed by atoms with Crippen molar-refractivity contribution in [3.05, 3.63) is 33.8 Å². The lowest BCUT2D eigenvalue weighted by atomic mass is 9.88. The molecule has 0 aromatic heterocycles. The van der Waals surface area contributed by atoms with E-state index >= 15 is 0 Å². The van der Waals surface area contributed by atoms with E-state index in [9.17, 15) is 14.7 Å². The number of nitrogens with zero attached hydrogens (tertiary/aromatic N) is 1. The highest BCUT2D eigenvalue weighted by Crippen LogP contribution is 2.37. The van der Waals surface area contributed by atoms with Crippen LogP contribution in [-0.2, 0) is 9.53 Å². The van der Waals surface area contributed by atoms with Crippen LogP contribution in [0.2, 0.25) is 0 Å². The van der Waals surface area contributed by atoms with E-state index in [1.165, 1.54) is 4.90 Å². The summed E-state index contributed by atoms with van der Waals surface area (Å²) in [6, 6.07) is 5.85. The molecule has 1 aliphatic rings. The Bertz CT molecular complexity index is 624. The van der Waals surface area contributed by atoms with Gasteiger partial charge in [-0.3, -0.25) is 4.79 Å². The second kappa shape index (κ2) is 6.51. The summed E-state index contributed by atoms with van der Waals surface area (Å²) in [6.45, 7) is 7.87. The molecule has 5 nitrogen and oxygen atoms in total. The predicted octanol–water partition coefficient (Wildman–Crippen LogP) is 3.79. The highest BCUT2D eigenvalue weighted by molar-refractivity contribution is 9.10. The van der Waals surface area contributed by atoms with Crippen LogP contribution in [0, 0.1) is 12.8 Å². The molecule has 1 aromatic carbocycles. The molecule has 1 aromatic rings. The molecule has 2 atom stereocenters. The second-order valence-electron chi connectivity index (χ2n) is 6.96. The maximum Gasteiger partial charge on any atom is 0.410 e. The van der Waals surface area contributed by atoms with Crippen molar-refractivity contribution < 1.29 is 19.4 Å². The van der Waals surface area contributed by atoms with Crippen LogP contribution in [0.15, 0.2) is 22.7 Å². The van der Waals surface area contributed by atoms with Crippen LogP contribution in [0.5, 0.6) is 0 Å². The van der Waals surface area contributed by atoms with Crippen molar-refractivity contribution in [2.75, 3.05) is 13.1 Å². The molecule has 23 heavy (non-hydrogen) atoms. The number of rotatable bonds is 2. The number of halogens is 1. The predicted molar refractivity (Wildman–Crippen MR) is 90.6 cm³/mol. The van der Waals surface area contributed by atoms with Gasteiger partial charge >= 0.3 is 12.1 Å². The van der Waals surface area contributed by atoms with E-state index < -0.39 is 23.6 Å². The fourth-order valence-electron chi connectivity index (χ4n) is 2.78. The van der Waals surface area contributed by atoms with Crippen LogP contribution in [0.4, 0.5) is 4.79 Å². The van der Waals surface area contributed by atoms with Gasteiger partial charge in [-0.15, -0.1) is 0 Å². The number of carboxylic acids is 1. The molecule has 0 bridgehead atoms. The summed E-state index contributed by atoms with van der Waals surface area (Å²) >= 11 is 3.51. The highest BCUT2D eigenvalue weighted by Gasteiger charge is 2.42. The summed E-state index contributed by atoms with van der Waals surface area (Å²) in [6.07, 6.45) is -0.463. The third-order valence-electron chi connectivity index (χ3n) is 3.84. The molecule has 0 unspecified atom stereocenters. The quantitative estimate of drug-likeness (QED) is 0.843. The number of hydrogen-bond donors (Lipinski definition) is 1. The second-order valence-corrected chi connectivity index (χ2v) is 7.82. The van der Waals surface area contributed by atoms with Gasteiger partial charge in [0.2, 0.25) is 0 Å². The van der Waals surface area contributed by atoms with Gasteiger partial charge in [-0.2, -0.15) is 0 Å². The Morgan fingerprint density at radius 1 is 1.30 bits per heavy atom. The molecule has 1 N–H and O–H groups in total. The summed E-state index contributed by atoms with van der Waals surface area (Å²) in [4.78, 5) is 25.4. The van der Waals surface area contributed by atoms with E-state index in [0.29, 0.717) is 6.54 Å². The third-order valence-corrected chi connectivity index (χ3v) is 4.53. The fourth-order valence-corrected chi connectivity index (χ4v) is 3.56. The molecule has 1 heterocycles. The van der Waals surface area contributed by atoms with Gasteiger partial charge in [-0.25, -0.2) is 4.79 Å². The van der Waals surface area contributed by atoms with Crippen LogP contribution >= 0.6 is 15.9 Å². The van der Waals surface area contributed by atoms with E-state index in [1.54, 1.807) is 20.8 Å². The zero-order valence-corrected chi connectivity index (χ0v) is 15.4. The summed E-state index contributed by atoms with van der Waals surface area (Å²) in [5, 5.41) is 9.53. The number of ether oxygens (including phenoxy) is 1. The topological polar surface area (TPSA) is 66.8 Å². The SMILES string of the molecule is Cc1ccc([C@@H]2CN(C(=O)OC(C)(C)C)C[C@H]2C(=O)O)c(Br)c1. The third kappa shape index (κ3) is 4.25. The first-order valence-electron chi connectivity index (χ1n) is 7.55. The van der Waals surface area contributed by atoms with Gasteiger partial charge in [0.25, 0.3) is 0 Å². The summed E-state index contributed by atoms with van der Waals surface area (Å²) < 4.78 is 6.24. The lowest BCUT2D eigenvalue weighted by Crippen LogP contribution is -2.35. The molecule has 6 heteroatoms. The molecule has 1 amide bonds. The summed E-state index contributed by atoms with van der Waals surface area (Å²) in [5.41, 5.74) is 1.40. The molecule has 0 spiro atoms. The van der Waals surface area contributed by atoms with Crippen LogP contribution in [0.25, 0.3) is 0 Å². The molecule has 126 valence electrons. The van der Waals surface area contributed by atoms with Crippen molar-refractivity contribution >= 4 is 28.0 Å². The van der Waals surface area contributed by atoms with Crippen LogP contribution in [-0.4, -0.2) is 40.8 Å². The Balaban J connectivity index is 2.25. The van der Waals surface area contributed by atoms with E-state index in [-0.39, 0.29) is 12.5 Å². The Morgan fingerprint density at radius 3 is 2.48 bits per heavy atom. The summed E-state index contributed by atoms with van der Waals surface area (Å²) in [5.74, 6) is -1.79. The number of aliphatic carboxylic acids is 1. The average Bonchev–Trinajstić information content (AvgIpc) is 2.81. The lowest BCUT2D eigenvalue weighted by Gasteiger charge is -2.24. The zero-order chi connectivity index (χ0) is 17.4. The first-order valence-corrected chi connectivity index (χ1v) is 8.34. The van der Waals surface area contributed by atoms with Crippen molar-refractivity contribution in [1.82, 2.24) is 4.90 Å². The lowest BCUT2D eigenvalue weighted by molar-refractivity contribution is -0.141. The fraction of sp³-hybridized carbons (Fsp3) is 0.529. The van der Waals surface area contributed by atoms with Crippen molar-refractivity contribution in [3.8, 4) is 0 Å². The number of carbonyl (C=O) groups is 2. The molecule has 1 fully saturated rings. The Kier molecular flexibility index (Phi) is 5.04. The van der Waals surface area contributed by atoms with Crippen LogP contribution in [0.1, 0.15) is 37.8 Å². The number of carboxylic acid groups (broad SMARTS) is 1. The van der Waals surface area contributed by atoms with Gasteiger partial charge in [0.05, 0.1) is 5.92 Å². The maximum atomic E-state index is 12.2. The molecule has 1 aliphatic heterocycles. The Labute approximate surface area is 144 Å². The minimum atomic E-state index is -0.895. The number of benzene rings is 1. The molecular weight excluding hydrogens is 362 g/mol. The van der Waals surface area contributed by atoms with Gasteiger partial charge < -0.3 is 14.7 Å². The molecule has 0 saturated carbocycles. The Hall–Kier alpha value is -1.56. The minimum absolute atomic E-state index is 0.162. The van der Waals surface area contributed by atoms with E-state index in [4.69, 9.17) is 4.74 Å². The number of hydrogen-bond acceptors (Lipinski definition) is 3. The van der Waals surface area contributed by atoms with Gasteiger partial charge in [0.1, 0.15) is 5.60 Å². The maximum absolute atomic E-state index is 12.2. The van der Waals surface area contributed by atoms with Crippen molar-refractivity contribution in [3.63, 3.8) is 0 Å². The van der Waals surface area contributed by atoms with Gasteiger partial charge in [-0.1, -0.05) is 28.1 Å². The normalized spacial score (nSPS) is 21.3. The number of aryl methyl sites for hydroxylation is 1. The average molecular weight is 384 g/mol. The van der Waals surface area contributed by atoms with Crippen molar-refractivity contribution in [2.45, 2.75) is 39.2 Å². The van der Waals surface area contributed by atoms with Crippen molar-refractivity contribution in [1.29, 1.82) is 0 Å². The van der Waals surface area contributed by atoms with E-state index in [2.05, 4.69) is 15.9 Å². The van der Waals surface area contributed by atoms with Crippen LogP contribution < -0.4 is 0 Å². The van der Waals surface area contributed by atoms with Crippen molar-refractivity contribution in [2.24, 2.45) is 5.92 Å². The first-order chi connectivity index (χ1) is 10.6. The minimum Gasteiger partial charge on any atom is -0.481 e. The smallest absolute Gasteiger partial charge is 0.410 e. The van der Waals surface area contributed by atoms with Crippen LogP contribution in [0.3, 0.4) is 0 Å². The first kappa shape index (κ1) is 17.8. The van der Waals surface area contributed by atoms with E-state index in [0.717, 1.165) is 15.6 Å². The van der Waals surface area contributed by atoms with Gasteiger partial charge in [0.15, 0.2) is 0 Å². The largest absolute Gasteiger partial charge is 0.481 e. The highest BCUT2D eigenvalue weighted by atomic mass is 79.9. The van der Waals surface area contributed by atoms with Gasteiger partial charge in [-0.05, 0) is 44.9 Å². The molecule has 0 aliphatic carbocycles. The molecular formula is C17H22BrNO4. The number of carbonyl (C=O) groups excluding carboxylic acids is 1. The standard InChI is InChI=1S/C17H22BrNO4/c1-10-5-6-11(14(18)7-10)12-8-19(9-13(12)15(20)21)16(22)23-17(2,3)4/h5-7,12-13H,8-9H2,1-4H3,(H,20,21)/t12-,13+/m0/s1. The zero-order valence-electron chi connectivity index (χ0n) is 13.8. The van der Waals surface area contributed by atoms with E-state index in [1.807, 2.05) is 25.1 Å². The summed E-state index contributed by atoms with van der Waals surface area (Å²) in [7, 11) is 0. The number of amides is 1. The monoisotopic (exact) mass is 383 g/mol. The molecule has 0 radical (unpaired) electrons. The van der Waals surface area contributed by atoms with Gasteiger partial charge in [0, 0.05) is 23.5 Å².